The van der Waals surface area contributed by atoms with Gasteiger partial charge in [0.15, 0.2) is 0 Å². The van der Waals surface area contributed by atoms with E-state index in [0.717, 1.165) is 17.1 Å². The van der Waals surface area contributed by atoms with E-state index in [1.807, 2.05) is 23.7 Å². The van der Waals surface area contributed by atoms with Crippen molar-refractivity contribution in [2.75, 3.05) is 5.32 Å². The van der Waals surface area contributed by atoms with Gasteiger partial charge in [-0.05, 0) is 18.6 Å². The molecule has 2 aromatic heterocycles. The number of hydrogen-bond donors (Lipinski definition) is 1. The third-order valence-electron chi connectivity index (χ3n) is 2.18. The summed E-state index contributed by atoms with van der Waals surface area (Å²) in [4.78, 5) is 8.31. The monoisotopic (exact) mass is 219 g/mol. The maximum atomic E-state index is 4.32. The van der Waals surface area contributed by atoms with E-state index in [9.17, 15) is 0 Å². The molecule has 78 valence electrons. The lowest BCUT2D eigenvalue weighted by atomic mass is 10.2. The number of anilines is 1. The molecule has 0 aromatic carbocycles. The molecule has 2 aromatic rings. The van der Waals surface area contributed by atoms with Gasteiger partial charge in [-0.15, -0.1) is 11.3 Å². The third-order valence-corrected chi connectivity index (χ3v) is 3.07. The highest BCUT2D eigenvalue weighted by molar-refractivity contribution is 7.09. The molecule has 0 aliphatic rings. The van der Waals surface area contributed by atoms with Crippen LogP contribution in [-0.4, -0.2) is 9.97 Å². The van der Waals surface area contributed by atoms with Crippen LogP contribution in [0, 0.1) is 0 Å². The van der Waals surface area contributed by atoms with Gasteiger partial charge in [0.1, 0.15) is 5.01 Å². The second-order valence-electron chi connectivity index (χ2n) is 3.21. The van der Waals surface area contributed by atoms with Crippen LogP contribution in [0.4, 0.5) is 5.69 Å². The summed E-state index contributed by atoms with van der Waals surface area (Å²) in [6, 6.07) is 4.24. The van der Waals surface area contributed by atoms with E-state index in [2.05, 4.69) is 22.2 Å². The zero-order valence-corrected chi connectivity index (χ0v) is 9.37. The number of nitrogens with zero attached hydrogens (tertiary/aromatic N) is 2. The van der Waals surface area contributed by atoms with Crippen molar-refractivity contribution in [1.29, 1.82) is 0 Å². The lowest BCUT2D eigenvalue weighted by molar-refractivity contribution is 0.742. The van der Waals surface area contributed by atoms with Gasteiger partial charge in [-0.3, -0.25) is 4.98 Å². The highest BCUT2D eigenvalue weighted by Crippen LogP contribution is 2.23. The molecular weight excluding hydrogens is 206 g/mol. The summed E-state index contributed by atoms with van der Waals surface area (Å²) in [6.45, 7) is 2.15. The Balaban J connectivity index is 2.10. The van der Waals surface area contributed by atoms with Crippen molar-refractivity contribution in [3.63, 3.8) is 0 Å². The predicted octanol–water partition coefficient (Wildman–Crippen LogP) is 3.10. The van der Waals surface area contributed by atoms with Crippen LogP contribution in [0.2, 0.25) is 0 Å². The fraction of sp³-hybridized carbons (Fsp3) is 0.273. The van der Waals surface area contributed by atoms with Gasteiger partial charge < -0.3 is 5.32 Å². The van der Waals surface area contributed by atoms with Gasteiger partial charge in [-0.25, -0.2) is 4.98 Å². The topological polar surface area (TPSA) is 37.8 Å². The first-order chi connectivity index (χ1) is 7.40. The van der Waals surface area contributed by atoms with Crippen molar-refractivity contribution in [3.05, 3.63) is 41.1 Å². The molecule has 3 nitrogen and oxygen atoms in total. The minimum atomic E-state index is 0.299. The van der Waals surface area contributed by atoms with E-state index in [4.69, 9.17) is 0 Å². The standard InChI is InChI=1S/C11H13N3S/c1-2-10(11-13-7-8-15-11)14-9-3-5-12-6-4-9/h3-8,10H,2H2,1H3,(H,12,14). The van der Waals surface area contributed by atoms with Crippen molar-refractivity contribution in [2.45, 2.75) is 19.4 Å². The largest absolute Gasteiger partial charge is 0.376 e. The van der Waals surface area contributed by atoms with Gasteiger partial charge in [0.25, 0.3) is 0 Å². The van der Waals surface area contributed by atoms with Gasteiger partial charge in [0.2, 0.25) is 0 Å². The van der Waals surface area contributed by atoms with E-state index in [-0.39, 0.29) is 0 Å². The molecule has 0 saturated carbocycles. The summed E-state index contributed by atoms with van der Waals surface area (Å²) in [6.07, 6.45) is 6.44. The first kappa shape index (κ1) is 10.1. The Hall–Kier alpha value is -1.42. The minimum absolute atomic E-state index is 0.299. The maximum Gasteiger partial charge on any atom is 0.115 e. The normalized spacial score (nSPS) is 12.3. The Bertz CT molecular complexity index is 385. The molecule has 1 atom stereocenters. The lowest BCUT2D eigenvalue weighted by Gasteiger charge is -2.15. The number of nitrogens with one attached hydrogen (secondary N) is 1. The highest BCUT2D eigenvalue weighted by Gasteiger charge is 2.10. The predicted molar refractivity (Wildman–Crippen MR) is 63.0 cm³/mol. The first-order valence-corrected chi connectivity index (χ1v) is 5.84. The summed E-state index contributed by atoms with van der Waals surface area (Å²) >= 11 is 1.69. The van der Waals surface area contributed by atoms with Gasteiger partial charge in [0, 0.05) is 29.7 Å². The van der Waals surface area contributed by atoms with Crippen molar-refractivity contribution in [3.8, 4) is 0 Å². The Morgan fingerprint density at radius 3 is 2.73 bits per heavy atom. The van der Waals surface area contributed by atoms with E-state index in [1.54, 1.807) is 23.7 Å². The Kier molecular flexibility index (Phi) is 3.29. The molecule has 4 heteroatoms. The van der Waals surface area contributed by atoms with Crippen LogP contribution in [0.1, 0.15) is 24.4 Å². The molecule has 0 amide bonds. The molecule has 0 spiro atoms. The fourth-order valence-electron chi connectivity index (χ4n) is 1.39. The van der Waals surface area contributed by atoms with Crippen molar-refractivity contribution >= 4 is 17.0 Å². The molecule has 1 N–H and O–H groups in total. The summed E-state index contributed by atoms with van der Waals surface area (Å²) in [5.41, 5.74) is 1.09. The third kappa shape index (κ3) is 2.53. The van der Waals surface area contributed by atoms with E-state index >= 15 is 0 Å². The molecule has 2 rings (SSSR count). The number of aromatic nitrogens is 2. The van der Waals surface area contributed by atoms with E-state index in [0.29, 0.717) is 6.04 Å². The number of hydrogen-bond acceptors (Lipinski definition) is 4. The molecule has 0 aliphatic carbocycles. The molecule has 2 heterocycles. The zero-order valence-electron chi connectivity index (χ0n) is 8.55. The molecule has 0 aliphatic heterocycles. The second kappa shape index (κ2) is 4.89. The van der Waals surface area contributed by atoms with E-state index < -0.39 is 0 Å². The first-order valence-electron chi connectivity index (χ1n) is 4.96. The maximum absolute atomic E-state index is 4.32. The lowest BCUT2D eigenvalue weighted by Crippen LogP contribution is -2.09. The number of thiazole rings is 1. The Morgan fingerprint density at radius 2 is 2.13 bits per heavy atom. The number of rotatable bonds is 4. The molecule has 0 bridgehead atoms. The highest BCUT2D eigenvalue weighted by atomic mass is 32.1. The fourth-order valence-corrected chi connectivity index (χ4v) is 2.17. The molecule has 0 radical (unpaired) electrons. The average molecular weight is 219 g/mol. The zero-order chi connectivity index (χ0) is 10.5. The summed E-state index contributed by atoms with van der Waals surface area (Å²) < 4.78 is 0. The van der Waals surface area contributed by atoms with Crippen molar-refractivity contribution < 1.29 is 0 Å². The van der Waals surface area contributed by atoms with Crippen molar-refractivity contribution in [2.24, 2.45) is 0 Å². The van der Waals surface area contributed by atoms with Crippen LogP contribution in [0.15, 0.2) is 36.1 Å². The Labute approximate surface area is 93.2 Å². The van der Waals surface area contributed by atoms with Gasteiger partial charge in [0.05, 0.1) is 6.04 Å². The molecule has 15 heavy (non-hydrogen) atoms. The molecular formula is C11H13N3S. The smallest absolute Gasteiger partial charge is 0.115 e. The summed E-state index contributed by atoms with van der Waals surface area (Å²) in [7, 11) is 0. The van der Waals surface area contributed by atoms with E-state index in [1.165, 1.54) is 0 Å². The van der Waals surface area contributed by atoms with Gasteiger partial charge in [-0.1, -0.05) is 6.92 Å². The summed E-state index contributed by atoms with van der Waals surface area (Å²) in [5.74, 6) is 0. The summed E-state index contributed by atoms with van der Waals surface area (Å²) in [5, 5.41) is 6.58. The second-order valence-corrected chi connectivity index (χ2v) is 4.14. The molecule has 1 unspecified atom stereocenters. The SMILES string of the molecule is CCC(Nc1ccncc1)c1nccs1. The number of pyridine rings is 1. The molecule has 0 fully saturated rings. The quantitative estimate of drug-likeness (QED) is 0.858. The van der Waals surface area contributed by atoms with Gasteiger partial charge in [-0.2, -0.15) is 0 Å². The van der Waals surface area contributed by atoms with Crippen LogP contribution in [0.5, 0.6) is 0 Å². The van der Waals surface area contributed by atoms with Crippen molar-refractivity contribution in [1.82, 2.24) is 9.97 Å². The van der Waals surface area contributed by atoms with Gasteiger partial charge >= 0.3 is 0 Å². The average Bonchev–Trinajstić information content (AvgIpc) is 2.81. The van der Waals surface area contributed by atoms with Crippen LogP contribution in [0.25, 0.3) is 0 Å². The van der Waals surface area contributed by atoms with Crippen LogP contribution in [0.3, 0.4) is 0 Å². The van der Waals surface area contributed by atoms with Crippen LogP contribution < -0.4 is 5.32 Å². The minimum Gasteiger partial charge on any atom is -0.376 e. The Morgan fingerprint density at radius 1 is 1.33 bits per heavy atom. The molecule has 0 saturated heterocycles. The van der Waals surface area contributed by atoms with Crippen LogP contribution >= 0.6 is 11.3 Å². The van der Waals surface area contributed by atoms with Crippen LogP contribution in [-0.2, 0) is 0 Å².